The van der Waals surface area contributed by atoms with Gasteiger partial charge >= 0.3 is 0 Å². The van der Waals surface area contributed by atoms with E-state index in [0.717, 1.165) is 0 Å². The SMILES string of the molecule is Cc1c(C)c([Si](C)(C)C)[c-](C)c1C.[Zr]. The van der Waals surface area contributed by atoms with Gasteiger partial charge in [-0.3, -0.25) is 0 Å². The minimum Gasteiger partial charge on any atom is -0.199 e. The predicted molar refractivity (Wildman–Crippen MR) is 64.0 cm³/mol. The maximum atomic E-state index is 2.43. The van der Waals surface area contributed by atoms with E-state index in [-0.39, 0.29) is 26.2 Å². The van der Waals surface area contributed by atoms with Crippen molar-refractivity contribution < 1.29 is 26.2 Å². The molecule has 0 N–H and O–H groups in total. The molecule has 0 aliphatic rings. The van der Waals surface area contributed by atoms with Gasteiger partial charge in [-0.2, -0.15) is 27.4 Å². The first-order valence-corrected chi connectivity index (χ1v) is 8.50. The molecule has 0 amide bonds. The van der Waals surface area contributed by atoms with Crippen LogP contribution in [0.2, 0.25) is 19.6 Å². The number of hydrogen-bond donors (Lipinski definition) is 0. The predicted octanol–water partition coefficient (Wildman–Crippen LogP) is 3.18. The largest absolute Gasteiger partial charge is 0.199 e. The molecule has 1 rings (SSSR count). The minimum atomic E-state index is -1.13. The molecule has 0 aliphatic heterocycles. The number of rotatable bonds is 1. The van der Waals surface area contributed by atoms with Gasteiger partial charge in [0, 0.05) is 26.2 Å². The van der Waals surface area contributed by atoms with Crippen molar-refractivity contribution in [1.29, 1.82) is 0 Å². The van der Waals surface area contributed by atoms with Gasteiger partial charge in [0.15, 0.2) is 0 Å². The Balaban J connectivity index is 0.00000169. The average molecular weight is 285 g/mol. The van der Waals surface area contributed by atoms with E-state index >= 15 is 0 Å². The van der Waals surface area contributed by atoms with E-state index in [1.54, 1.807) is 16.3 Å². The quantitative estimate of drug-likeness (QED) is 0.549. The van der Waals surface area contributed by atoms with Gasteiger partial charge in [-0.05, 0) is 0 Å². The van der Waals surface area contributed by atoms with Crippen LogP contribution in [0.3, 0.4) is 0 Å². The summed E-state index contributed by atoms with van der Waals surface area (Å²) in [5, 5.41) is 1.68. The number of hydrogen-bond acceptors (Lipinski definition) is 0. The first kappa shape index (κ1) is 14.5. The summed E-state index contributed by atoms with van der Waals surface area (Å²) in [7, 11) is -1.13. The van der Waals surface area contributed by atoms with E-state index < -0.39 is 8.07 Å². The van der Waals surface area contributed by atoms with Crippen molar-refractivity contribution >= 4 is 13.3 Å². The molecule has 0 atom stereocenters. The topological polar surface area (TPSA) is 0 Å². The molecule has 0 saturated heterocycles. The van der Waals surface area contributed by atoms with Gasteiger partial charge in [-0.1, -0.05) is 47.3 Å². The Labute approximate surface area is 109 Å². The van der Waals surface area contributed by atoms with E-state index in [1.807, 2.05) is 0 Å². The van der Waals surface area contributed by atoms with E-state index in [1.165, 1.54) is 11.1 Å². The minimum absolute atomic E-state index is 0. The molecule has 0 fully saturated rings. The summed E-state index contributed by atoms with van der Waals surface area (Å²) in [6, 6.07) is 0. The van der Waals surface area contributed by atoms with Gasteiger partial charge in [-0.15, -0.1) is 0 Å². The maximum Gasteiger partial charge on any atom is 0.0509 e. The Morgan fingerprint density at radius 2 is 1.36 bits per heavy atom. The molecule has 0 aromatic heterocycles. The maximum absolute atomic E-state index is 2.43. The third-order valence-electron chi connectivity index (χ3n) is 3.19. The molecule has 0 spiro atoms. The molecule has 0 unspecified atom stereocenters. The second kappa shape index (κ2) is 4.53. The van der Waals surface area contributed by atoms with Crippen LogP contribution in [0.4, 0.5) is 0 Å². The fraction of sp³-hybridized carbons (Fsp3) is 0.583. The van der Waals surface area contributed by atoms with Crippen molar-refractivity contribution in [3.63, 3.8) is 0 Å². The molecule has 1 aromatic carbocycles. The molecule has 0 heterocycles. The van der Waals surface area contributed by atoms with Crippen molar-refractivity contribution in [2.75, 3.05) is 0 Å². The van der Waals surface area contributed by atoms with E-state index in [4.69, 9.17) is 0 Å². The van der Waals surface area contributed by atoms with Crippen LogP contribution < -0.4 is 5.19 Å². The Hall–Kier alpha value is 0.450. The third-order valence-corrected chi connectivity index (χ3v) is 5.44. The second-order valence-electron chi connectivity index (χ2n) is 5.12. The van der Waals surface area contributed by atoms with Crippen LogP contribution in [0.5, 0.6) is 0 Å². The fourth-order valence-corrected chi connectivity index (χ4v) is 4.97. The van der Waals surface area contributed by atoms with Crippen LogP contribution in [-0.4, -0.2) is 8.07 Å². The van der Waals surface area contributed by atoms with Gasteiger partial charge in [0.25, 0.3) is 0 Å². The Morgan fingerprint density at radius 1 is 0.929 bits per heavy atom. The molecule has 0 saturated carbocycles. The van der Waals surface area contributed by atoms with Crippen molar-refractivity contribution in [3.8, 4) is 0 Å². The molecular formula is C12H21SiZr-. The standard InChI is InChI=1S/C12H21Si.Zr/c1-8-9(2)11(4)12(10(8)3)13(5,6)7;/h1-7H3;/q-1;. The smallest absolute Gasteiger partial charge is 0.0509 e. The summed E-state index contributed by atoms with van der Waals surface area (Å²) in [6.45, 7) is 16.4. The Morgan fingerprint density at radius 3 is 1.50 bits per heavy atom. The van der Waals surface area contributed by atoms with Crippen LogP contribution in [0, 0.1) is 27.7 Å². The zero-order chi connectivity index (χ0) is 10.4. The van der Waals surface area contributed by atoms with Gasteiger partial charge in [0.2, 0.25) is 0 Å². The zero-order valence-corrected chi connectivity index (χ0v) is 14.0. The van der Waals surface area contributed by atoms with Crippen LogP contribution in [0.25, 0.3) is 0 Å². The van der Waals surface area contributed by atoms with E-state index in [0.29, 0.717) is 0 Å². The van der Waals surface area contributed by atoms with Crippen LogP contribution in [-0.2, 0) is 26.2 Å². The average Bonchev–Trinajstić information content (AvgIpc) is 2.14. The van der Waals surface area contributed by atoms with Crippen LogP contribution in [0.15, 0.2) is 0 Å². The molecule has 0 aliphatic carbocycles. The summed E-state index contributed by atoms with van der Waals surface area (Å²) in [5.41, 5.74) is 6.12. The second-order valence-corrected chi connectivity index (χ2v) is 10.1. The van der Waals surface area contributed by atoms with Crippen LogP contribution in [0.1, 0.15) is 22.3 Å². The van der Waals surface area contributed by atoms with Crippen molar-refractivity contribution in [2.24, 2.45) is 0 Å². The van der Waals surface area contributed by atoms with Gasteiger partial charge in [0.1, 0.15) is 0 Å². The molecule has 0 bridgehead atoms. The first-order chi connectivity index (χ1) is 5.76. The van der Waals surface area contributed by atoms with Gasteiger partial charge in [0.05, 0.1) is 8.07 Å². The summed E-state index contributed by atoms with van der Waals surface area (Å²) >= 11 is 0. The van der Waals surface area contributed by atoms with E-state index in [9.17, 15) is 0 Å². The molecule has 1 aromatic rings. The summed E-state index contributed by atoms with van der Waals surface area (Å²) in [6.07, 6.45) is 0. The van der Waals surface area contributed by atoms with Crippen LogP contribution >= 0.6 is 0 Å². The summed E-state index contributed by atoms with van der Waals surface area (Å²) < 4.78 is 0. The summed E-state index contributed by atoms with van der Waals surface area (Å²) in [4.78, 5) is 0. The molecule has 14 heavy (non-hydrogen) atoms. The Bertz CT molecular complexity index is 304. The van der Waals surface area contributed by atoms with Gasteiger partial charge in [-0.25, -0.2) is 0 Å². The first-order valence-electron chi connectivity index (χ1n) is 5.00. The van der Waals surface area contributed by atoms with Gasteiger partial charge < -0.3 is 0 Å². The summed E-state index contributed by atoms with van der Waals surface area (Å²) in [5.74, 6) is 0. The van der Waals surface area contributed by atoms with Crippen molar-refractivity contribution in [1.82, 2.24) is 0 Å². The fourth-order valence-electron chi connectivity index (χ4n) is 2.34. The normalized spacial score (nSPS) is 11.4. The van der Waals surface area contributed by atoms with Crippen molar-refractivity contribution in [2.45, 2.75) is 47.3 Å². The molecule has 2 heteroatoms. The molecule has 0 nitrogen and oxygen atoms in total. The molecule has 0 radical (unpaired) electrons. The third kappa shape index (κ3) is 2.33. The molecule has 78 valence electrons. The van der Waals surface area contributed by atoms with E-state index in [2.05, 4.69) is 47.3 Å². The zero-order valence-electron chi connectivity index (χ0n) is 10.5. The molecular weight excluding hydrogens is 263 g/mol. The van der Waals surface area contributed by atoms with Crippen molar-refractivity contribution in [3.05, 3.63) is 22.3 Å². The monoisotopic (exact) mass is 283 g/mol. The Kier molecular flexibility index (Phi) is 4.68.